The summed E-state index contributed by atoms with van der Waals surface area (Å²) in [6, 6.07) is 1.87. The van der Waals surface area contributed by atoms with Crippen molar-refractivity contribution < 1.29 is 43.8 Å². The van der Waals surface area contributed by atoms with Crippen molar-refractivity contribution in [3.8, 4) is 17.2 Å². The summed E-state index contributed by atoms with van der Waals surface area (Å²) in [7, 11) is 2.92. The molecule has 34 heavy (non-hydrogen) atoms. The highest BCUT2D eigenvalue weighted by Crippen LogP contribution is 2.66. The number of halogens is 1. The fourth-order valence-electron chi connectivity index (χ4n) is 6.31. The predicted octanol–water partition coefficient (Wildman–Crippen LogP) is 2.40. The van der Waals surface area contributed by atoms with E-state index in [9.17, 15) is 20.1 Å². The number of rotatable bonds is 4. The Bertz CT molecular complexity index is 1260. The number of ether oxygens (including phenoxy) is 5. The highest BCUT2D eigenvalue weighted by atomic mass is 79.9. The third-order valence-electron chi connectivity index (χ3n) is 7.87. The minimum Gasteiger partial charge on any atom is -0.506 e. The van der Waals surface area contributed by atoms with E-state index in [-0.39, 0.29) is 33.6 Å². The number of carbonyl (C=O) groups is 1. The fourth-order valence-corrected chi connectivity index (χ4v) is 7.13. The molecule has 5 atom stereocenters. The van der Waals surface area contributed by atoms with Crippen LogP contribution in [0.15, 0.2) is 6.07 Å². The van der Waals surface area contributed by atoms with Gasteiger partial charge in [-0.2, -0.15) is 0 Å². The summed E-state index contributed by atoms with van der Waals surface area (Å²) in [5, 5.41) is 34.2. The molecule has 9 nitrogen and oxygen atoms in total. The lowest BCUT2D eigenvalue weighted by Crippen LogP contribution is -2.74. The van der Waals surface area contributed by atoms with E-state index < -0.39 is 36.0 Å². The maximum absolute atomic E-state index is 12.9. The van der Waals surface area contributed by atoms with Crippen molar-refractivity contribution in [3.63, 3.8) is 0 Å². The number of alkyl halides is 1. The lowest BCUT2D eigenvalue weighted by molar-refractivity contribution is -0.350. The van der Waals surface area contributed by atoms with E-state index in [1.54, 1.807) is 0 Å². The molecule has 0 aromatic heterocycles. The molecule has 4 aliphatic rings. The summed E-state index contributed by atoms with van der Waals surface area (Å²) in [6.45, 7) is 1.25. The average Bonchev–Trinajstić information content (AvgIpc) is 3.33. The molecule has 2 bridgehead atoms. The van der Waals surface area contributed by atoms with Gasteiger partial charge in [-0.15, -0.1) is 0 Å². The van der Waals surface area contributed by atoms with Crippen LogP contribution in [0.2, 0.25) is 0 Å². The Morgan fingerprint density at radius 2 is 2.03 bits per heavy atom. The molecule has 182 valence electrons. The quantitative estimate of drug-likeness (QED) is 0.505. The molecule has 0 radical (unpaired) electrons. The van der Waals surface area contributed by atoms with E-state index >= 15 is 0 Å². The predicted molar refractivity (Wildman–Crippen MR) is 122 cm³/mol. The van der Waals surface area contributed by atoms with Crippen molar-refractivity contribution >= 4 is 32.5 Å². The second-order valence-corrected chi connectivity index (χ2v) is 9.89. The molecule has 10 heteroatoms. The van der Waals surface area contributed by atoms with Gasteiger partial charge < -0.3 is 39.0 Å². The summed E-state index contributed by atoms with van der Waals surface area (Å²) < 4.78 is 30.3. The summed E-state index contributed by atoms with van der Waals surface area (Å²) >= 11 is 3.31. The third-order valence-corrected chi connectivity index (χ3v) is 8.68. The largest absolute Gasteiger partial charge is 0.506 e. The Morgan fingerprint density at radius 3 is 2.68 bits per heavy atom. The van der Waals surface area contributed by atoms with Crippen LogP contribution in [0.25, 0.3) is 10.8 Å². The zero-order valence-electron chi connectivity index (χ0n) is 18.9. The number of benzene rings is 2. The van der Waals surface area contributed by atoms with E-state index in [2.05, 4.69) is 15.9 Å². The Kier molecular flexibility index (Phi) is 4.67. The highest BCUT2D eigenvalue weighted by Gasteiger charge is 2.84. The van der Waals surface area contributed by atoms with Gasteiger partial charge in [-0.1, -0.05) is 15.9 Å². The van der Waals surface area contributed by atoms with Gasteiger partial charge in [-0.25, -0.2) is 0 Å². The maximum Gasteiger partial charge on any atom is 0.275 e. The molecule has 1 aliphatic carbocycles. The molecule has 3 N–H and O–H groups in total. The van der Waals surface area contributed by atoms with Crippen molar-refractivity contribution in [2.45, 2.75) is 55.6 Å². The van der Waals surface area contributed by atoms with Gasteiger partial charge in [0.25, 0.3) is 5.79 Å². The number of aromatic hydroxyl groups is 1. The van der Waals surface area contributed by atoms with Gasteiger partial charge in [0.15, 0.2) is 17.5 Å². The summed E-state index contributed by atoms with van der Waals surface area (Å²) in [5.41, 5.74) is 0.360. The normalized spacial score (nSPS) is 35.3. The van der Waals surface area contributed by atoms with Crippen LogP contribution in [0.1, 0.15) is 46.0 Å². The molecule has 2 aromatic rings. The third kappa shape index (κ3) is 2.25. The molecule has 0 spiro atoms. The van der Waals surface area contributed by atoms with Gasteiger partial charge in [0.1, 0.15) is 30.0 Å². The summed E-state index contributed by atoms with van der Waals surface area (Å²) in [6.07, 6.45) is -0.0279. The number of methoxy groups -OCH3 is 2. The van der Waals surface area contributed by atoms with Gasteiger partial charge >= 0.3 is 0 Å². The smallest absolute Gasteiger partial charge is 0.275 e. The van der Waals surface area contributed by atoms with Crippen LogP contribution in [0.4, 0.5) is 0 Å². The first-order valence-corrected chi connectivity index (χ1v) is 12.3. The summed E-state index contributed by atoms with van der Waals surface area (Å²) in [4.78, 5) is 12.9. The average molecular weight is 537 g/mol. The molecular formula is C24H25BrO9. The van der Waals surface area contributed by atoms with Crippen LogP contribution < -0.4 is 9.47 Å². The number of hydrogen-bond donors (Lipinski definition) is 3. The number of ketones is 1. The topological polar surface area (TPSA) is 124 Å². The summed E-state index contributed by atoms with van der Waals surface area (Å²) in [5.74, 6) is -3.14. The van der Waals surface area contributed by atoms with Crippen LogP contribution in [-0.4, -0.2) is 70.5 Å². The molecule has 0 saturated carbocycles. The van der Waals surface area contributed by atoms with Crippen molar-refractivity contribution in [2.75, 3.05) is 26.2 Å². The Hall–Kier alpha value is -1.95. The number of aliphatic hydroxyl groups excluding tert-OH is 1. The minimum absolute atomic E-state index is 0.0834. The second kappa shape index (κ2) is 7.05. The number of phenolic OH excluding ortho intramolecular Hbond substituents is 1. The Balaban J connectivity index is 1.72. The fraction of sp³-hybridized carbons (Fsp3) is 0.542. The number of Topliss-reactive ketones (excluding diaryl/α,β-unsaturated/α-hetero) is 1. The number of phenols is 1. The van der Waals surface area contributed by atoms with Crippen LogP contribution >= 0.6 is 15.9 Å². The van der Waals surface area contributed by atoms with E-state index in [1.165, 1.54) is 14.2 Å². The van der Waals surface area contributed by atoms with Crippen molar-refractivity contribution in [3.05, 3.63) is 28.3 Å². The van der Waals surface area contributed by atoms with Gasteiger partial charge in [0, 0.05) is 35.4 Å². The zero-order valence-corrected chi connectivity index (χ0v) is 20.5. The lowest BCUT2D eigenvalue weighted by Gasteiger charge is -2.53. The molecule has 2 aromatic carbocycles. The first-order valence-electron chi connectivity index (χ1n) is 11.1. The standard InChI is InChI=1S/C24H25BrO9/c1-10-7-12-16(17(28)15-11(18(12)30-2)5-4-6-13(15)27)19-14(10)20-21-24(31-3,33-19)22(29,8-25)23(9-26,32-20)34-21/h7,20-21,26,28-29H,4-6,8-9H2,1-3H3/t20?,21-,22-,23-,24-/m1/s1. The number of fused-ring (bicyclic) bond motifs is 6. The molecule has 0 amide bonds. The van der Waals surface area contributed by atoms with Crippen LogP contribution in [-0.2, 0) is 20.6 Å². The maximum atomic E-state index is 12.9. The molecule has 3 aliphatic heterocycles. The van der Waals surface area contributed by atoms with E-state index in [4.69, 9.17) is 23.7 Å². The molecule has 1 unspecified atom stereocenters. The van der Waals surface area contributed by atoms with E-state index in [1.807, 2.05) is 13.0 Å². The van der Waals surface area contributed by atoms with E-state index in [0.29, 0.717) is 41.5 Å². The first-order chi connectivity index (χ1) is 16.2. The second-order valence-electron chi connectivity index (χ2n) is 9.33. The van der Waals surface area contributed by atoms with Gasteiger partial charge in [-0.05, 0) is 31.4 Å². The monoisotopic (exact) mass is 536 g/mol. The molecule has 6 rings (SSSR count). The number of carbonyl (C=O) groups excluding carboxylic acids is 1. The Labute approximate surface area is 203 Å². The van der Waals surface area contributed by atoms with Gasteiger partial charge in [-0.3, -0.25) is 4.79 Å². The van der Waals surface area contributed by atoms with Crippen LogP contribution in [0.3, 0.4) is 0 Å². The van der Waals surface area contributed by atoms with E-state index in [0.717, 1.165) is 5.56 Å². The number of hydrogen-bond acceptors (Lipinski definition) is 9. The Morgan fingerprint density at radius 1 is 1.26 bits per heavy atom. The molecule has 2 fully saturated rings. The number of aliphatic hydroxyl groups is 2. The highest BCUT2D eigenvalue weighted by molar-refractivity contribution is 9.09. The number of aryl methyl sites for hydroxylation is 1. The van der Waals surface area contributed by atoms with Crippen molar-refractivity contribution in [2.24, 2.45) is 0 Å². The van der Waals surface area contributed by atoms with Crippen LogP contribution in [0, 0.1) is 6.92 Å². The molecular weight excluding hydrogens is 512 g/mol. The van der Waals surface area contributed by atoms with Gasteiger partial charge in [0.05, 0.1) is 18.1 Å². The zero-order chi connectivity index (χ0) is 24.2. The SMILES string of the molecule is COc1c2c(c(O)c3c4c(c(C)cc13)C1O[C@]3(CO)O[C@H]1[C@@](OC)(O4)[C@@]3(O)CBr)C(=O)CCC2. The van der Waals surface area contributed by atoms with Gasteiger partial charge in [0.2, 0.25) is 5.79 Å². The first kappa shape index (κ1) is 22.5. The van der Waals surface area contributed by atoms with Crippen molar-refractivity contribution in [1.29, 1.82) is 0 Å². The molecule has 2 saturated heterocycles. The van der Waals surface area contributed by atoms with Crippen LogP contribution in [0.5, 0.6) is 17.2 Å². The van der Waals surface area contributed by atoms with Crippen molar-refractivity contribution in [1.82, 2.24) is 0 Å². The minimum atomic E-state index is -1.93. The lowest BCUT2D eigenvalue weighted by atomic mass is 9.76. The molecule has 3 heterocycles.